The smallest absolute Gasteiger partial charge is 0.253 e. The van der Waals surface area contributed by atoms with Crippen LogP contribution in [-0.4, -0.2) is 106 Å². The molecule has 3 fully saturated rings. The Labute approximate surface area is 351 Å². The summed E-state index contributed by atoms with van der Waals surface area (Å²) in [6.45, 7) is 9.87. The number of allylic oxidation sites excluding steroid dienone is 1. The lowest BCUT2D eigenvalue weighted by molar-refractivity contribution is -0.116. The van der Waals surface area contributed by atoms with Crippen molar-refractivity contribution in [2.24, 2.45) is 23.1 Å². The number of aromatic hydroxyl groups is 1. The number of para-hydroxylation sites is 1. The van der Waals surface area contributed by atoms with Crippen LogP contribution in [0.2, 0.25) is 0 Å². The number of carbonyl (C=O) groups excluding carboxylic acids is 3. The van der Waals surface area contributed by atoms with Gasteiger partial charge < -0.3 is 56.9 Å². The third-order valence-corrected chi connectivity index (χ3v) is 12.2. The molecule has 0 radical (unpaired) electrons. The maximum atomic E-state index is 13.6. The number of morpholine rings is 1. The molecule has 2 aromatic carbocycles. The molecule has 7 rings (SSSR count). The van der Waals surface area contributed by atoms with Crippen molar-refractivity contribution in [3.8, 4) is 5.75 Å². The summed E-state index contributed by atoms with van der Waals surface area (Å²) in [4.78, 5) is 47.7. The number of aryl methyl sites for hydroxylation is 1. The molecule has 2 atom stereocenters. The van der Waals surface area contributed by atoms with Crippen LogP contribution >= 0.6 is 0 Å². The van der Waals surface area contributed by atoms with Gasteiger partial charge in [0.05, 0.1) is 24.2 Å². The van der Waals surface area contributed by atoms with Gasteiger partial charge in [-0.2, -0.15) is 0 Å². The fourth-order valence-electron chi connectivity index (χ4n) is 8.76. The second-order valence-corrected chi connectivity index (χ2v) is 16.4. The number of phenolic OH excluding ortho intramolecular Hbond substituents is 1. The molecule has 318 valence electrons. The Bertz CT molecular complexity index is 2220. The fraction of sp³-hybridized carbons (Fsp3) is 0.422. The second-order valence-electron chi connectivity index (χ2n) is 16.4. The molecule has 15 heteroatoms. The van der Waals surface area contributed by atoms with Crippen molar-refractivity contribution >= 4 is 40.6 Å². The number of benzene rings is 2. The molecule has 2 aromatic heterocycles. The molecule has 15 nitrogen and oxygen atoms in total. The molecule has 0 spiro atoms. The number of carbonyl (C=O) groups is 3. The van der Waals surface area contributed by atoms with Crippen LogP contribution in [0.25, 0.3) is 16.7 Å². The molecule has 4 aromatic rings. The number of pyridine rings is 1. The molecule has 5 heterocycles. The SMILES string of the molecule is Cc1cn(C2CCN(CC3CCN(C(=O)c4ccc(C5CN(C(/C=C(\N)c6ccccc6O)=C(N)N)C(C)CO5)cc4)CC3)CC2)c2ncc(NC(=O)CCNC=O)cc12. The van der Waals surface area contributed by atoms with Crippen LogP contribution in [0.15, 0.2) is 84.6 Å². The molecule has 0 aliphatic carbocycles. The first kappa shape index (κ1) is 42.1. The molecule has 3 aliphatic heterocycles. The summed E-state index contributed by atoms with van der Waals surface area (Å²) in [5.41, 5.74) is 24.5. The topological polar surface area (TPSA) is 210 Å². The van der Waals surface area contributed by atoms with E-state index in [4.69, 9.17) is 26.9 Å². The van der Waals surface area contributed by atoms with Gasteiger partial charge in [0.15, 0.2) is 0 Å². The number of amides is 3. The fourth-order valence-corrected chi connectivity index (χ4v) is 8.76. The van der Waals surface area contributed by atoms with Crippen molar-refractivity contribution in [2.45, 2.75) is 64.1 Å². The van der Waals surface area contributed by atoms with Gasteiger partial charge in [-0.05, 0) is 93.0 Å². The number of aromatic nitrogens is 2. The van der Waals surface area contributed by atoms with Gasteiger partial charge in [-0.15, -0.1) is 0 Å². The van der Waals surface area contributed by atoms with Gasteiger partial charge in [-0.25, -0.2) is 4.98 Å². The van der Waals surface area contributed by atoms with E-state index in [-0.39, 0.29) is 42.0 Å². The number of anilines is 1. The van der Waals surface area contributed by atoms with Gasteiger partial charge in [0.2, 0.25) is 12.3 Å². The summed E-state index contributed by atoms with van der Waals surface area (Å²) in [5.74, 6) is 0.622. The Balaban J connectivity index is 0.881. The number of rotatable bonds is 13. The van der Waals surface area contributed by atoms with Gasteiger partial charge in [0.25, 0.3) is 5.91 Å². The molecule has 9 N–H and O–H groups in total. The summed E-state index contributed by atoms with van der Waals surface area (Å²) in [6, 6.07) is 16.9. The summed E-state index contributed by atoms with van der Waals surface area (Å²) in [6.07, 6.45) is 10.1. The van der Waals surface area contributed by atoms with Gasteiger partial charge in [0, 0.05) is 92.7 Å². The molecular formula is C45H58N10O5. The van der Waals surface area contributed by atoms with Crippen molar-refractivity contribution in [2.75, 3.05) is 57.7 Å². The van der Waals surface area contributed by atoms with Crippen molar-refractivity contribution in [1.29, 1.82) is 0 Å². The van der Waals surface area contributed by atoms with Gasteiger partial charge in [-0.1, -0.05) is 24.3 Å². The van der Waals surface area contributed by atoms with E-state index >= 15 is 0 Å². The van der Waals surface area contributed by atoms with Gasteiger partial charge >= 0.3 is 0 Å². The maximum absolute atomic E-state index is 13.6. The number of likely N-dealkylation sites (tertiary alicyclic amines) is 2. The third-order valence-electron chi connectivity index (χ3n) is 12.2. The van der Waals surface area contributed by atoms with E-state index in [2.05, 4.69) is 38.1 Å². The normalized spacial score (nSPS) is 19.6. The molecule has 3 amide bonds. The number of hydrogen-bond acceptors (Lipinski definition) is 11. The van der Waals surface area contributed by atoms with E-state index in [1.807, 2.05) is 42.2 Å². The average molecular weight is 819 g/mol. The Morgan fingerprint density at radius 1 is 1.00 bits per heavy atom. The molecule has 0 bridgehead atoms. The Morgan fingerprint density at radius 2 is 1.73 bits per heavy atom. The quantitative estimate of drug-likeness (QED) is 0.0641. The van der Waals surface area contributed by atoms with Gasteiger partial charge in [-0.3, -0.25) is 14.4 Å². The zero-order chi connectivity index (χ0) is 42.3. The number of hydrogen-bond donors (Lipinski definition) is 6. The summed E-state index contributed by atoms with van der Waals surface area (Å²) in [5, 5.41) is 16.7. The number of piperidine rings is 2. The molecule has 60 heavy (non-hydrogen) atoms. The molecule has 2 unspecified atom stereocenters. The van der Waals surface area contributed by atoms with E-state index in [1.165, 1.54) is 0 Å². The lowest BCUT2D eigenvalue weighted by atomic mass is 9.94. The van der Waals surface area contributed by atoms with Crippen molar-refractivity contribution in [3.05, 3.63) is 107 Å². The summed E-state index contributed by atoms with van der Waals surface area (Å²) in [7, 11) is 0. The Morgan fingerprint density at radius 3 is 2.43 bits per heavy atom. The first-order valence-electron chi connectivity index (χ1n) is 20.9. The zero-order valence-electron chi connectivity index (χ0n) is 34.6. The van der Waals surface area contributed by atoms with Crippen LogP contribution in [0.3, 0.4) is 0 Å². The van der Waals surface area contributed by atoms with E-state index in [0.29, 0.717) is 66.3 Å². The summed E-state index contributed by atoms with van der Waals surface area (Å²) >= 11 is 0. The van der Waals surface area contributed by atoms with E-state index in [0.717, 1.165) is 80.6 Å². The average Bonchev–Trinajstić information content (AvgIpc) is 3.58. The predicted octanol–water partition coefficient (Wildman–Crippen LogP) is 4.16. The number of phenols is 1. The molecule has 0 saturated carbocycles. The number of nitrogens with one attached hydrogen (secondary N) is 2. The molecule has 3 aliphatic rings. The van der Waals surface area contributed by atoms with E-state index < -0.39 is 0 Å². The Hall–Kier alpha value is -6.06. The van der Waals surface area contributed by atoms with Crippen LogP contribution < -0.4 is 27.8 Å². The second kappa shape index (κ2) is 18.9. The predicted molar refractivity (Wildman–Crippen MR) is 232 cm³/mol. The minimum Gasteiger partial charge on any atom is -0.507 e. The molecular weight excluding hydrogens is 761 g/mol. The Kier molecular flexibility index (Phi) is 13.3. The minimum absolute atomic E-state index is 0.0288. The first-order valence-corrected chi connectivity index (χ1v) is 20.9. The van der Waals surface area contributed by atoms with Crippen molar-refractivity contribution < 1.29 is 24.2 Å². The summed E-state index contributed by atoms with van der Waals surface area (Å²) < 4.78 is 8.55. The highest BCUT2D eigenvalue weighted by atomic mass is 16.5. The van der Waals surface area contributed by atoms with Crippen LogP contribution in [0.4, 0.5) is 5.69 Å². The first-order chi connectivity index (χ1) is 29.0. The highest BCUT2D eigenvalue weighted by Crippen LogP contribution is 2.33. The maximum Gasteiger partial charge on any atom is 0.253 e. The molecule has 3 saturated heterocycles. The van der Waals surface area contributed by atoms with E-state index in [9.17, 15) is 19.5 Å². The lowest BCUT2D eigenvalue weighted by Crippen LogP contribution is -2.45. The van der Waals surface area contributed by atoms with E-state index in [1.54, 1.807) is 36.5 Å². The number of nitrogens with zero attached hydrogens (tertiary/aromatic N) is 5. The zero-order valence-corrected chi connectivity index (χ0v) is 34.6. The van der Waals surface area contributed by atoms with Crippen molar-refractivity contribution in [1.82, 2.24) is 29.6 Å². The number of ether oxygens (including phenoxy) is 1. The van der Waals surface area contributed by atoms with Crippen LogP contribution in [0.5, 0.6) is 5.75 Å². The lowest BCUT2D eigenvalue weighted by Gasteiger charge is -2.40. The van der Waals surface area contributed by atoms with Crippen LogP contribution in [0.1, 0.15) is 78.2 Å². The standard InChI is InChI=1S/C45H58N10O5/c1-29-24-55(44-37(29)21-34(23-50-44)51-42(58)11-16-49-28-56)35-14-17-52(18-15-35)25-31-12-19-53(20-13-31)45(59)33-9-7-32(8-10-33)41-26-54(30(2)27-60-41)39(43(47)48)22-38(46)36-5-3-4-6-40(36)57/h3-10,21-24,28,30-31,35,41,57H,11-20,25-27,46-48H2,1-2H3,(H,49,56)(H,51,58)/b38-22-. The highest BCUT2D eigenvalue weighted by Gasteiger charge is 2.31. The van der Waals surface area contributed by atoms with Crippen LogP contribution in [0, 0.1) is 12.8 Å². The van der Waals surface area contributed by atoms with Gasteiger partial charge in [0.1, 0.15) is 23.3 Å². The highest BCUT2D eigenvalue weighted by molar-refractivity contribution is 5.94. The third kappa shape index (κ3) is 9.69. The largest absolute Gasteiger partial charge is 0.507 e. The number of nitrogens with two attached hydrogens (primary N) is 3. The van der Waals surface area contributed by atoms with Crippen LogP contribution in [-0.2, 0) is 14.3 Å². The minimum atomic E-state index is -0.276. The monoisotopic (exact) mass is 818 g/mol. The van der Waals surface area contributed by atoms with Crippen molar-refractivity contribution in [3.63, 3.8) is 0 Å². The number of fused-ring (bicyclic) bond motifs is 1.